The van der Waals surface area contributed by atoms with E-state index >= 15 is 0 Å². The summed E-state index contributed by atoms with van der Waals surface area (Å²) in [6.45, 7) is 2.05. The zero-order chi connectivity index (χ0) is 18.9. The highest BCUT2D eigenvalue weighted by molar-refractivity contribution is 5.84. The van der Waals surface area contributed by atoms with Gasteiger partial charge in [-0.15, -0.1) is 10.2 Å². The van der Waals surface area contributed by atoms with E-state index in [-0.39, 0.29) is 0 Å². The molecule has 3 heterocycles. The van der Waals surface area contributed by atoms with Gasteiger partial charge in [0.2, 0.25) is 5.82 Å². The predicted octanol–water partition coefficient (Wildman–Crippen LogP) is 4.56. The van der Waals surface area contributed by atoms with Crippen LogP contribution in [0.3, 0.4) is 0 Å². The maximum atomic E-state index is 5.27. The molecule has 2 aliphatic rings. The van der Waals surface area contributed by atoms with Gasteiger partial charge < -0.3 is 0 Å². The second-order valence-corrected chi connectivity index (χ2v) is 8.11. The minimum Gasteiger partial charge on any atom is -0.256 e. The lowest BCUT2D eigenvalue weighted by Crippen LogP contribution is -2.10. The fourth-order valence-corrected chi connectivity index (χ4v) is 4.89. The summed E-state index contributed by atoms with van der Waals surface area (Å²) in [6.07, 6.45) is 10.7. The summed E-state index contributed by atoms with van der Waals surface area (Å²) in [6, 6.07) is 6.27. The molecule has 1 saturated carbocycles. The second-order valence-electron chi connectivity index (χ2n) is 8.11. The molecule has 144 valence electrons. The Morgan fingerprint density at radius 1 is 0.929 bits per heavy atom. The molecule has 0 aromatic carbocycles. The van der Waals surface area contributed by atoms with Crippen molar-refractivity contribution in [3.8, 4) is 22.6 Å². The maximum Gasteiger partial charge on any atom is 0.207 e. The topological polar surface area (TPSA) is 80.2 Å². The smallest absolute Gasteiger partial charge is 0.207 e. The highest BCUT2D eigenvalue weighted by Crippen LogP contribution is 2.44. The number of aromatic amines is 1. The van der Waals surface area contributed by atoms with Crippen molar-refractivity contribution < 1.29 is 0 Å². The fourth-order valence-electron chi connectivity index (χ4n) is 4.89. The number of nitrogens with zero attached hydrogens (tertiary/aromatic N) is 5. The lowest BCUT2D eigenvalue weighted by atomic mass is 9.88. The Morgan fingerprint density at radius 2 is 1.79 bits per heavy atom. The van der Waals surface area contributed by atoms with Gasteiger partial charge in [-0.25, -0.2) is 0 Å². The van der Waals surface area contributed by atoms with Crippen LogP contribution in [0.4, 0.5) is 0 Å². The van der Waals surface area contributed by atoms with Crippen LogP contribution in [0.2, 0.25) is 0 Å². The van der Waals surface area contributed by atoms with Gasteiger partial charge >= 0.3 is 0 Å². The number of rotatable bonds is 3. The van der Waals surface area contributed by atoms with Crippen molar-refractivity contribution in [3.63, 3.8) is 0 Å². The van der Waals surface area contributed by atoms with Gasteiger partial charge in [-0.2, -0.15) is 5.21 Å². The quantitative estimate of drug-likeness (QED) is 0.680. The third-order valence-electron chi connectivity index (χ3n) is 6.21. The Labute approximate surface area is 165 Å². The Morgan fingerprint density at radius 3 is 2.57 bits per heavy atom. The van der Waals surface area contributed by atoms with E-state index in [9.17, 15) is 0 Å². The van der Waals surface area contributed by atoms with Crippen LogP contribution in [0.15, 0.2) is 18.2 Å². The van der Waals surface area contributed by atoms with Crippen molar-refractivity contribution in [2.45, 2.75) is 70.6 Å². The van der Waals surface area contributed by atoms with Gasteiger partial charge in [0.25, 0.3) is 0 Å². The molecule has 0 radical (unpaired) electrons. The van der Waals surface area contributed by atoms with Gasteiger partial charge in [0, 0.05) is 22.9 Å². The third kappa shape index (κ3) is 3.11. The lowest BCUT2D eigenvalue weighted by Gasteiger charge is -2.22. The number of tetrazole rings is 1. The summed E-state index contributed by atoms with van der Waals surface area (Å²) in [5.41, 5.74) is 8.07. The molecule has 2 aliphatic carbocycles. The molecule has 6 heteroatoms. The summed E-state index contributed by atoms with van der Waals surface area (Å²) in [5, 5.41) is 15.3. The van der Waals surface area contributed by atoms with E-state index in [4.69, 9.17) is 9.97 Å². The van der Waals surface area contributed by atoms with Crippen LogP contribution < -0.4 is 0 Å². The van der Waals surface area contributed by atoms with Crippen LogP contribution in [0, 0.1) is 6.92 Å². The Hall–Kier alpha value is -2.63. The summed E-state index contributed by atoms with van der Waals surface area (Å²) in [4.78, 5) is 10.2. The molecule has 1 fully saturated rings. The first kappa shape index (κ1) is 17.5. The van der Waals surface area contributed by atoms with Crippen LogP contribution in [0.1, 0.15) is 73.5 Å². The van der Waals surface area contributed by atoms with Crippen molar-refractivity contribution in [1.29, 1.82) is 0 Å². The van der Waals surface area contributed by atoms with Gasteiger partial charge in [0.05, 0.1) is 17.0 Å². The Balaban J connectivity index is 1.84. The molecule has 6 nitrogen and oxygen atoms in total. The van der Waals surface area contributed by atoms with Gasteiger partial charge in [-0.1, -0.05) is 25.3 Å². The van der Waals surface area contributed by atoms with E-state index in [1.54, 1.807) is 0 Å². The normalized spacial score (nSPS) is 17.5. The summed E-state index contributed by atoms with van der Waals surface area (Å²) >= 11 is 0. The standard InChI is InChI=1S/C22H26N6/c1-14-8-7-13-18(23-14)19-16-11-3-2-4-12-17(16)24-21(15-9-5-6-10-15)20(19)22-25-27-28-26-22/h7-8,13,15H,2-6,9-12H2,1H3,(H,25,26,27,28). The number of H-pyrrole nitrogens is 1. The second kappa shape index (κ2) is 7.41. The third-order valence-corrected chi connectivity index (χ3v) is 6.21. The molecule has 0 amide bonds. The van der Waals surface area contributed by atoms with Gasteiger partial charge in [0.15, 0.2) is 0 Å². The summed E-state index contributed by atoms with van der Waals surface area (Å²) in [7, 11) is 0. The Kier molecular flexibility index (Phi) is 4.63. The average molecular weight is 374 g/mol. The van der Waals surface area contributed by atoms with Crippen LogP contribution in [0.5, 0.6) is 0 Å². The number of aromatic nitrogens is 6. The number of hydrogen-bond donors (Lipinski definition) is 1. The lowest BCUT2D eigenvalue weighted by molar-refractivity contribution is 0.684. The minimum atomic E-state index is 0.477. The average Bonchev–Trinajstić information content (AvgIpc) is 3.38. The van der Waals surface area contributed by atoms with Gasteiger partial charge in [0.1, 0.15) is 0 Å². The van der Waals surface area contributed by atoms with Crippen molar-refractivity contribution >= 4 is 0 Å². The zero-order valence-corrected chi connectivity index (χ0v) is 16.4. The van der Waals surface area contributed by atoms with Crippen molar-refractivity contribution in [2.24, 2.45) is 0 Å². The number of nitrogens with one attached hydrogen (secondary N) is 1. The molecule has 1 N–H and O–H groups in total. The van der Waals surface area contributed by atoms with Crippen molar-refractivity contribution in [2.75, 3.05) is 0 Å². The number of fused-ring (bicyclic) bond motifs is 1. The van der Waals surface area contributed by atoms with Gasteiger partial charge in [-0.3, -0.25) is 9.97 Å². The van der Waals surface area contributed by atoms with E-state index in [1.807, 2.05) is 0 Å². The molecule has 28 heavy (non-hydrogen) atoms. The minimum absolute atomic E-state index is 0.477. The van der Waals surface area contributed by atoms with E-state index in [2.05, 4.69) is 45.7 Å². The number of pyridine rings is 2. The summed E-state index contributed by atoms with van der Waals surface area (Å²) in [5.74, 6) is 1.13. The molecule has 0 unspecified atom stereocenters. The molecular formula is C22H26N6. The molecule has 0 saturated heterocycles. The van der Waals surface area contributed by atoms with Crippen molar-refractivity contribution in [3.05, 3.63) is 40.8 Å². The first-order valence-corrected chi connectivity index (χ1v) is 10.5. The Bertz CT molecular complexity index is 973. The van der Waals surface area contributed by atoms with Crippen LogP contribution in [-0.4, -0.2) is 30.6 Å². The SMILES string of the molecule is Cc1cccc(-c2c3c(nc(C4CCCC4)c2-c2nn[nH]n2)CCCCC3)n1. The van der Waals surface area contributed by atoms with Crippen LogP contribution >= 0.6 is 0 Å². The first-order chi connectivity index (χ1) is 13.8. The first-order valence-electron chi connectivity index (χ1n) is 10.5. The van der Waals surface area contributed by atoms with Gasteiger partial charge in [-0.05, 0) is 68.4 Å². The van der Waals surface area contributed by atoms with E-state index in [0.29, 0.717) is 11.7 Å². The summed E-state index contributed by atoms with van der Waals surface area (Å²) < 4.78 is 0. The highest BCUT2D eigenvalue weighted by atomic mass is 15.5. The molecule has 0 aliphatic heterocycles. The molecule has 0 spiro atoms. The molecule has 0 bridgehead atoms. The molecule has 3 aromatic heterocycles. The van der Waals surface area contributed by atoms with E-state index in [0.717, 1.165) is 35.5 Å². The van der Waals surface area contributed by atoms with E-state index in [1.165, 1.54) is 61.8 Å². The largest absolute Gasteiger partial charge is 0.256 e. The van der Waals surface area contributed by atoms with Crippen LogP contribution in [0.25, 0.3) is 22.6 Å². The van der Waals surface area contributed by atoms with Crippen LogP contribution in [-0.2, 0) is 12.8 Å². The monoisotopic (exact) mass is 374 g/mol. The maximum absolute atomic E-state index is 5.27. The molecule has 0 atom stereocenters. The van der Waals surface area contributed by atoms with E-state index < -0.39 is 0 Å². The molecule has 3 aromatic rings. The van der Waals surface area contributed by atoms with Crippen molar-refractivity contribution in [1.82, 2.24) is 30.6 Å². The number of hydrogen-bond acceptors (Lipinski definition) is 5. The number of aryl methyl sites for hydroxylation is 2. The predicted molar refractivity (Wildman–Crippen MR) is 108 cm³/mol. The zero-order valence-electron chi connectivity index (χ0n) is 16.4. The highest BCUT2D eigenvalue weighted by Gasteiger charge is 2.30. The molecule has 5 rings (SSSR count). The molecular weight excluding hydrogens is 348 g/mol. The fraction of sp³-hybridized carbons (Fsp3) is 0.500.